The summed E-state index contributed by atoms with van der Waals surface area (Å²) in [6, 6.07) is 13.6. The molecule has 0 aliphatic carbocycles. The summed E-state index contributed by atoms with van der Waals surface area (Å²) in [7, 11) is 1.84. The predicted molar refractivity (Wildman–Crippen MR) is 64.4 cm³/mol. The molecule has 0 fully saturated rings. The van der Waals surface area contributed by atoms with Crippen LogP contribution in [0.1, 0.15) is 5.56 Å². The number of nitrogens with zero attached hydrogens (tertiary/aromatic N) is 2. The number of aromatic nitrogens is 1. The molecule has 0 radical (unpaired) electrons. The first-order chi connectivity index (χ1) is 7.75. The van der Waals surface area contributed by atoms with Crippen LogP contribution in [0, 0.1) is 6.92 Å². The van der Waals surface area contributed by atoms with Gasteiger partial charge in [-0.25, -0.2) is 4.98 Å². The maximum absolute atomic E-state index is 5.61. The lowest BCUT2D eigenvalue weighted by molar-refractivity contribution is 0.300. The molecule has 1 aromatic carbocycles. The smallest absolute Gasteiger partial charge is 0.162 e. The molecule has 0 amide bonds. The van der Waals surface area contributed by atoms with Gasteiger partial charge in [0.25, 0.3) is 0 Å². The van der Waals surface area contributed by atoms with Crippen molar-refractivity contribution in [3.05, 3.63) is 54.2 Å². The SMILES string of the molecule is Cc1ccc(N(C)Oc2ccccc2)nc1. The van der Waals surface area contributed by atoms with E-state index >= 15 is 0 Å². The number of anilines is 1. The Kier molecular flexibility index (Phi) is 3.05. The topological polar surface area (TPSA) is 25.4 Å². The van der Waals surface area contributed by atoms with Crippen molar-refractivity contribution in [2.45, 2.75) is 6.92 Å². The fourth-order valence-corrected chi connectivity index (χ4v) is 1.33. The van der Waals surface area contributed by atoms with Crippen LogP contribution in [0.4, 0.5) is 5.82 Å². The molecule has 0 aliphatic heterocycles. The summed E-state index contributed by atoms with van der Waals surface area (Å²) >= 11 is 0. The van der Waals surface area contributed by atoms with E-state index < -0.39 is 0 Å². The van der Waals surface area contributed by atoms with E-state index in [1.165, 1.54) is 0 Å². The Morgan fingerprint density at radius 1 is 1.06 bits per heavy atom. The lowest BCUT2D eigenvalue weighted by Gasteiger charge is -2.18. The van der Waals surface area contributed by atoms with Crippen LogP contribution in [-0.4, -0.2) is 12.0 Å². The lowest BCUT2D eigenvalue weighted by atomic mass is 10.3. The fourth-order valence-electron chi connectivity index (χ4n) is 1.33. The van der Waals surface area contributed by atoms with Crippen LogP contribution in [0.3, 0.4) is 0 Å². The van der Waals surface area contributed by atoms with Crippen LogP contribution in [0.5, 0.6) is 5.75 Å². The molecule has 2 aromatic rings. The molecule has 0 atom stereocenters. The van der Waals surface area contributed by atoms with Gasteiger partial charge in [-0.05, 0) is 30.7 Å². The van der Waals surface area contributed by atoms with E-state index in [1.807, 2.05) is 62.6 Å². The van der Waals surface area contributed by atoms with Gasteiger partial charge in [0.2, 0.25) is 0 Å². The van der Waals surface area contributed by atoms with Gasteiger partial charge >= 0.3 is 0 Å². The van der Waals surface area contributed by atoms with Crippen LogP contribution < -0.4 is 9.90 Å². The third kappa shape index (κ3) is 2.51. The van der Waals surface area contributed by atoms with Crippen molar-refractivity contribution in [3.63, 3.8) is 0 Å². The summed E-state index contributed by atoms with van der Waals surface area (Å²) in [5.74, 6) is 1.59. The van der Waals surface area contributed by atoms with Gasteiger partial charge in [-0.2, -0.15) is 5.06 Å². The van der Waals surface area contributed by atoms with Crippen LogP contribution in [0.15, 0.2) is 48.7 Å². The van der Waals surface area contributed by atoms with Gasteiger partial charge in [0.05, 0.1) is 0 Å². The minimum Gasteiger partial charge on any atom is -0.378 e. The van der Waals surface area contributed by atoms with Gasteiger partial charge in [0.15, 0.2) is 11.6 Å². The second-order valence-corrected chi connectivity index (χ2v) is 3.60. The third-order valence-electron chi connectivity index (χ3n) is 2.20. The first kappa shape index (κ1) is 10.5. The van der Waals surface area contributed by atoms with Gasteiger partial charge in [-0.1, -0.05) is 24.3 Å². The lowest BCUT2D eigenvalue weighted by Crippen LogP contribution is -2.22. The van der Waals surface area contributed by atoms with Crippen molar-refractivity contribution in [2.24, 2.45) is 0 Å². The summed E-state index contributed by atoms with van der Waals surface area (Å²) in [4.78, 5) is 9.89. The third-order valence-corrected chi connectivity index (χ3v) is 2.20. The number of hydrogen-bond acceptors (Lipinski definition) is 3. The zero-order chi connectivity index (χ0) is 11.4. The molecule has 0 saturated heterocycles. The molecule has 0 saturated carbocycles. The molecule has 0 bridgehead atoms. The molecule has 0 unspecified atom stereocenters. The maximum Gasteiger partial charge on any atom is 0.162 e. The molecular weight excluding hydrogens is 200 g/mol. The average molecular weight is 214 g/mol. The van der Waals surface area contributed by atoms with E-state index in [0.717, 1.165) is 17.1 Å². The minimum atomic E-state index is 0.787. The standard InChI is InChI=1S/C13H14N2O/c1-11-8-9-13(14-10-11)15(2)16-12-6-4-3-5-7-12/h3-10H,1-2H3. The normalized spacial score (nSPS) is 9.88. The quantitative estimate of drug-likeness (QED) is 0.735. The Morgan fingerprint density at radius 2 is 1.81 bits per heavy atom. The molecule has 0 N–H and O–H groups in total. The van der Waals surface area contributed by atoms with Crippen LogP contribution >= 0.6 is 0 Å². The van der Waals surface area contributed by atoms with E-state index in [1.54, 1.807) is 5.06 Å². The van der Waals surface area contributed by atoms with Gasteiger partial charge in [-0.15, -0.1) is 0 Å². The minimum absolute atomic E-state index is 0.787. The van der Waals surface area contributed by atoms with Crippen LogP contribution in [0.25, 0.3) is 0 Å². The maximum atomic E-state index is 5.61. The molecule has 1 heterocycles. The zero-order valence-corrected chi connectivity index (χ0v) is 9.42. The Bertz CT molecular complexity index is 439. The van der Waals surface area contributed by atoms with Crippen molar-refractivity contribution in [1.29, 1.82) is 0 Å². The zero-order valence-electron chi connectivity index (χ0n) is 9.42. The highest BCUT2D eigenvalue weighted by Crippen LogP contribution is 2.14. The first-order valence-electron chi connectivity index (χ1n) is 5.15. The predicted octanol–water partition coefficient (Wildman–Crippen LogP) is 2.82. The second-order valence-electron chi connectivity index (χ2n) is 3.60. The summed E-state index contributed by atoms with van der Waals surface area (Å²) in [5.41, 5.74) is 1.14. The molecular formula is C13H14N2O. The van der Waals surface area contributed by atoms with Crippen LogP contribution in [0.2, 0.25) is 0 Å². The highest BCUT2D eigenvalue weighted by Gasteiger charge is 2.03. The Labute approximate surface area is 95.3 Å². The van der Waals surface area contributed by atoms with E-state index in [0.29, 0.717) is 0 Å². The molecule has 3 nitrogen and oxygen atoms in total. The number of hydrogen-bond donors (Lipinski definition) is 0. The molecule has 82 valence electrons. The Hall–Kier alpha value is -2.03. The Morgan fingerprint density at radius 3 is 2.44 bits per heavy atom. The molecule has 3 heteroatoms. The summed E-state index contributed by atoms with van der Waals surface area (Å²) in [6.07, 6.45) is 1.82. The molecule has 0 spiro atoms. The molecule has 1 aromatic heterocycles. The van der Waals surface area contributed by atoms with Gasteiger partial charge in [-0.3, -0.25) is 0 Å². The molecule has 0 aliphatic rings. The number of pyridine rings is 1. The van der Waals surface area contributed by atoms with Crippen molar-refractivity contribution >= 4 is 5.82 Å². The highest BCUT2D eigenvalue weighted by atomic mass is 16.7. The fraction of sp³-hybridized carbons (Fsp3) is 0.154. The Balaban J connectivity index is 2.09. The van der Waals surface area contributed by atoms with Crippen molar-refractivity contribution in [2.75, 3.05) is 12.1 Å². The summed E-state index contributed by atoms with van der Waals surface area (Å²) in [6.45, 7) is 2.01. The van der Waals surface area contributed by atoms with Gasteiger partial charge in [0, 0.05) is 13.2 Å². The number of benzene rings is 1. The first-order valence-corrected chi connectivity index (χ1v) is 5.15. The van der Waals surface area contributed by atoms with Gasteiger partial charge < -0.3 is 4.84 Å². The monoisotopic (exact) mass is 214 g/mol. The average Bonchev–Trinajstić information content (AvgIpc) is 2.31. The van der Waals surface area contributed by atoms with E-state index in [-0.39, 0.29) is 0 Å². The molecule has 16 heavy (non-hydrogen) atoms. The summed E-state index contributed by atoms with van der Waals surface area (Å²) in [5, 5.41) is 1.65. The largest absolute Gasteiger partial charge is 0.378 e. The van der Waals surface area contributed by atoms with E-state index in [2.05, 4.69) is 4.98 Å². The molecule has 2 rings (SSSR count). The highest BCUT2D eigenvalue weighted by molar-refractivity contribution is 5.37. The number of para-hydroxylation sites is 1. The van der Waals surface area contributed by atoms with E-state index in [4.69, 9.17) is 4.84 Å². The number of rotatable bonds is 3. The van der Waals surface area contributed by atoms with Crippen LogP contribution in [-0.2, 0) is 0 Å². The van der Waals surface area contributed by atoms with Crippen molar-refractivity contribution in [3.8, 4) is 5.75 Å². The second kappa shape index (κ2) is 4.66. The van der Waals surface area contributed by atoms with Gasteiger partial charge in [0.1, 0.15) is 0 Å². The number of hydroxylamine groups is 1. The van der Waals surface area contributed by atoms with Crippen molar-refractivity contribution < 1.29 is 4.84 Å². The van der Waals surface area contributed by atoms with Crippen molar-refractivity contribution in [1.82, 2.24) is 4.98 Å². The number of aryl methyl sites for hydroxylation is 1. The summed E-state index contributed by atoms with van der Waals surface area (Å²) < 4.78 is 0. The van der Waals surface area contributed by atoms with E-state index in [9.17, 15) is 0 Å².